The lowest BCUT2D eigenvalue weighted by atomic mass is 10.0. The van der Waals surface area contributed by atoms with Crippen LogP contribution in [0.4, 0.5) is 0 Å². The van der Waals surface area contributed by atoms with Crippen molar-refractivity contribution in [2.24, 2.45) is 11.0 Å². The maximum absolute atomic E-state index is 13.4. The zero-order valence-electron chi connectivity index (χ0n) is 19.3. The first-order valence-corrected chi connectivity index (χ1v) is 11.7. The minimum absolute atomic E-state index is 0.288. The number of carbonyl (C=O) groups is 1. The minimum atomic E-state index is -0.306. The van der Waals surface area contributed by atoms with Crippen molar-refractivity contribution < 1.29 is 4.79 Å². The van der Waals surface area contributed by atoms with Crippen molar-refractivity contribution in [3.63, 3.8) is 0 Å². The molecule has 9 nitrogen and oxygen atoms in total. The summed E-state index contributed by atoms with van der Waals surface area (Å²) in [6.07, 6.45) is 2.43. The van der Waals surface area contributed by atoms with E-state index in [1.165, 1.54) is 0 Å². The molecule has 3 heterocycles. The quantitative estimate of drug-likeness (QED) is 0.315. The van der Waals surface area contributed by atoms with E-state index in [9.17, 15) is 4.79 Å². The fourth-order valence-corrected chi connectivity index (χ4v) is 4.26. The molecule has 1 aliphatic rings. The Morgan fingerprint density at radius 1 is 1.11 bits per heavy atom. The maximum Gasteiger partial charge on any atom is 0.272 e. The van der Waals surface area contributed by atoms with Gasteiger partial charge in [-0.15, -0.1) is 10.6 Å². The van der Waals surface area contributed by atoms with E-state index < -0.39 is 0 Å². The molecule has 178 valence electrons. The average molecular weight is 489 g/mol. The third kappa shape index (κ3) is 4.82. The molecule has 5 rings (SSSR count). The van der Waals surface area contributed by atoms with Gasteiger partial charge in [0.2, 0.25) is 0 Å². The second kappa shape index (κ2) is 9.73. The Kier molecular flexibility index (Phi) is 6.35. The van der Waals surface area contributed by atoms with Crippen LogP contribution >= 0.6 is 11.6 Å². The Labute approximate surface area is 207 Å². The van der Waals surface area contributed by atoms with Gasteiger partial charge in [0.05, 0.1) is 22.9 Å². The van der Waals surface area contributed by atoms with Crippen LogP contribution in [0.2, 0.25) is 5.02 Å². The molecule has 10 heteroatoms. The van der Waals surface area contributed by atoms with Gasteiger partial charge in [-0.05, 0) is 42.7 Å². The van der Waals surface area contributed by atoms with E-state index in [2.05, 4.69) is 45.7 Å². The standard InChI is InChI=1S/C25H25ClN8O/c1-15(2)12-20(24-29-32-33-30-24)28-25(35)21-14-23(16-6-4-3-5-7-16)34(31-21)22-10-11-27-19-13-17(26)8-9-18(19)22/h3-11,13-15,20,32-33H,12H2,1-2H3,(H,28,35)(H,29,30). The number of nitrogens with one attached hydrogen (secondary N) is 4. The third-order valence-electron chi connectivity index (χ3n) is 5.69. The predicted octanol–water partition coefficient (Wildman–Crippen LogP) is 3.81. The number of hydrazone groups is 1. The van der Waals surface area contributed by atoms with Crippen molar-refractivity contribution in [2.75, 3.05) is 0 Å². The molecule has 35 heavy (non-hydrogen) atoms. The van der Waals surface area contributed by atoms with Crippen LogP contribution < -0.4 is 21.8 Å². The first-order chi connectivity index (χ1) is 17.0. The highest BCUT2D eigenvalue weighted by Gasteiger charge is 2.25. The summed E-state index contributed by atoms with van der Waals surface area (Å²) in [5.74, 6) is 0.675. The lowest BCUT2D eigenvalue weighted by molar-refractivity contribution is 0.0938. The summed E-state index contributed by atoms with van der Waals surface area (Å²) in [5, 5.41) is 13.5. The van der Waals surface area contributed by atoms with Crippen molar-refractivity contribution >= 4 is 34.2 Å². The molecule has 4 aromatic rings. The molecule has 0 aliphatic carbocycles. The number of nitrogens with zero attached hydrogens (tertiary/aromatic N) is 4. The van der Waals surface area contributed by atoms with Crippen LogP contribution in [-0.2, 0) is 0 Å². The van der Waals surface area contributed by atoms with Gasteiger partial charge in [0.1, 0.15) is 0 Å². The fourth-order valence-electron chi connectivity index (χ4n) is 4.10. The Morgan fingerprint density at radius 3 is 2.69 bits per heavy atom. The minimum Gasteiger partial charge on any atom is -0.341 e. The van der Waals surface area contributed by atoms with Gasteiger partial charge in [-0.25, -0.2) is 10.2 Å². The van der Waals surface area contributed by atoms with Crippen LogP contribution in [-0.4, -0.2) is 32.5 Å². The highest BCUT2D eigenvalue weighted by molar-refractivity contribution is 6.31. The number of halogens is 1. The summed E-state index contributed by atoms with van der Waals surface area (Å²) in [4.78, 5) is 17.8. The van der Waals surface area contributed by atoms with Crippen molar-refractivity contribution in [1.29, 1.82) is 0 Å². The zero-order chi connectivity index (χ0) is 24.4. The van der Waals surface area contributed by atoms with Gasteiger partial charge in [0.15, 0.2) is 11.5 Å². The molecular weight excluding hydrogens is 464 g/mol. The fraction of sp³-hybridized carbons (Fsp3) is 0.200. The number of hydrazine groups is 2. The first-order valence-electron chi connectivity index (χ1n) is 11.3. The average Bonchev–Trinajstić information content (AvgIpc) is 3.54. The Bertz CT molecular complexity index is 1400. The molecule has 1 atom stereocenters. The summed E-state index contributed by atoms with van der Waals surface area (Å²) in [7, 11) is 0. The van der Waals surface area contributed by atoms with Gasteiger partial charge in [-0.1, -0.05) is 55.8 Å². The van der Waals surface area contributed by atoms with Gasteiger partial charge in [0.25, 0.3) is 5.91 Å². The molecule has 2 aromatic heterocycles. The topological polar surface area (TPSA) is 108 Å². The van der Waals surface area contributed by atoms with Crippen LogP contribution in [0, 0.1) is 5.92 Å². The highest BCUT2D eigenvalue weighted by atomic mass is 35.5. The number of aromatic nitrogens is 3. The molecule has 0 saturated carbocycles. The van der Waals surface area contributed by atoms with Crippen LogP contribution in [0.5, 0.6) is 0 Å². The van der Waals surface area contributed by atoms with Gasteiger partial charge < -0.3 is 5.32 Å². The Hall–Kier alpha value is -3.95. The molecule has 1 amide bonds. The normalized spacial score (nSPS) is 13.9. The molecule has 4 N–H and O–H groups in total. The van der Waals surface area contributed by atoms with Crippen molar-refractivity contribution in [3.8, 4) is 16.9 Å². The molecular formula is C25H25ClN8O. The van der Waals surface area contributed by atoms with Crippen molar-refractivity contribution in [1.82, 2.24) is 36.6 Å². The number of fused-ring (bicyclic) bond motifs is 1. The summed E-state index contributed by atoms with van der Waals surface area (Å²) < 4.78 is 1.79. The molecule has 0 saturated heterocycles. The lowest BCUT2D eigenvalue weighted by Crippen LogP contribution is -2.48. The summed E-state index contributed by atoms with van der Waals surface area (Å²) in [6, 6.07) is 18.8. The van der Waals surface area contributed by atoms with Gasteiger partial charge >= 0.3 is 0 Å². The molecule has 0 radical (unpaired) electrons. The van der Waals surface area contributed by atoms with E-state index in [0.29, 0.717) is 28.9 Å². The van der Waals surface area contributed by atoms with E-state index in [1.54, 1.807) is 16.9 Å². The van der Waals surface area contributed by atoms with Crippen LogP contribution in [0.3, 0.4) is 0 Å². The second-order valence-electron chi connectivity index (χ2n) is 8.70. The predicted molar refractivity (Wildman–Crippen MR) is 137 cm³/mol. The monoisotopic (exact) mass is 488 g/mol. The van der Waals surface area contributed by atoms with Crippen LogP contribution in [0.15, 0.2) is 72.0 Å². The largest absolute Gasteiger partial charge is 0.341 e. The van der Waals surface area contributed by atoms with E-state index in [-0.39, 0.29) is 11.9 Å². The van der Waals surface area contributed by atoms with Gasteiger partial charge in [-0.2, -0.15) is 5.10 Å². The second-order valence-corrected chi connectivity index (χ2v) is 9.14. The summed E-state index contributed by atoms with van der Waals surface area (Å²) in [5.41, 5.74) is 11.9. The smallest absolute Gasteiger partial charge is 0.272 e. The number of carbonyl (C=O) groups excluding carboxylic acids is 1. The van der Waals surface area contributed by atoms with Crippen molar-refractivity contribution in [2.45, 2.75) is 26.3 Å². The molecule has 0 spiro atoms. The van der Waals surface area contributed by atoms with Crippen molar-refractivity contribution in [3.05, 3.63) is 77.6 Å². The number of hydrogen-bond donors (Lipinski definition) is 4. The van der Waals surface area contributed by atoms with E-state index in [1.807, 2.05) is 54.6 Å². The Morgan fingerprint density at radius 2 is 1.94 bits per heavy atom. The summed E-state index contributed by atoms with van der Waals surface area (Å²) >= 11 is 6.19. The van der Waals surface area contributed by atoms with E-state index in [4.69, 9.17) is 16.7 Å². The molecule has 0 bridgehead atoms. The van der Waals surface area contributed by atoms with Gasteiger partial charge in [-0.3, -0.25) is 15.2 Å². The van der Waals surface area contributed by atoms with E-state index >= 15 is 0 Å². The Balaban J connectivity index is 1.57. The zero-order valence-corrected chi connectivity index (χ0v) is 20.0. The van der Waals surface area contributed by atoms with Gasteiger partial charge in [0, 0.05) is 22.2 Å². The third-order valence-corrected chi connectivity index (χ3v) is 5.92. The number of rotatable bonds is 7. The molecule has 1 aliphatic heterocycles. The molecule has 1 unspecified atom stereocenters. The number of hydrogen-bond acceptors (Lipinski definition) is 7. The summed E-state index contributed by atoms with van der Waals surface area (Å²) in [6.45, 7) is 4.19. The maximum atomic E-state index is 13.4. The molecule has 0 fully saturated rings. The number of amidine groups is 1. The SMILES string of the molecule is CC(C)CC(NC(=O)c1cc(-c2ccccc2)n(-c2ccnc3cc(Cl)ccc23)n1)C1=NNNN1. The molecule has 2 aromatic carbocycles. The number of pyridine rings is 1. The van der Waals surface area contributed by atoms with Crippen LogP contribution in [0.25, 0.3) is 27.8 Å². The number of amides is 1. The highest BCUT2D eigenvalue weighted by Crippen LogP contribution is 2.29. The lowest BCUT2D eigenvalue weighted by Gasteiger charge is -2.19. The number of benzene rings is 2. The first kappa shape index (κ1) is 22.8. The van der Waals surface area contributed by atoms with Crippen LogP contribution in [0.1, 0.15) is 30.8 Å². The van der Waals surface area contributed by atoms with E-state index in [0.717, 1.165) is 27.8 Å².